The molecule has 1 fully saturated rings. The smallest absolute Gasteiger partial charge is 0.0553 e. The third kappa shape index (κ3) is 1.78. The van der Waals surface area contributed by atoms with Crippen molar-refractivity contribution in [1.29, 1.82) is 0 Å². The molecule has 8 heavy (non-hydrogen) atoms. The molecule has 1 heterocycles. The molecule has 2 nitrogen and oxygen atoms in total. The van der Waals surface area contributed by atoms with Gasteiger partial charge in [-0.1, -0.05) is 6.08 Å². The van der Waals surface area contributed by atoms with Crippen LogP contribution in [0.1, 0.15) is 6.92 Å². The van der Waals surface area contributed by atoms with Crippen LogP contribution in [0.4, 0.5) is 0 Å². The van der Waals surface area contributed by atoms with E-state index in [2.05, 4.69) is 5.10 Å². The highest BCUT2D eigenvalue weighted by Gasteiger charge is 2.11. The van der Waals surface area contributed by atoms with Crippen LogP contribution in [0.2, 0.25) is 0 Å². The summed E-state index contributed by atoms with van der Waals surface area (Å²) in [5.74, 6) is 0. The maximum absolute atomic E-state index is 4.05. The Kier molecular flexibility index (Phi) is 1.67. The molecule has 1 aliphatic rings. The van der Waals surface area contributed by atoms with Crippen molar-refractivity contribution in [3.63, 3.8) is 0 Å². The van der Waals surface area contributed by atoms with Gasteiger partial charge >= 0.3 is 0 Å². The monoisotopic (exact) mass is 110 g/mol. The van der Waals surface area contributed by atoms with Crippen LogP contribution in [0, 0.1) is 0 Å². The second kappa shape index (κ2) is 2.50. The first-order chi connectivity index (χ1) is 3.93. The van der Waals surface area contributed by atoms with Crippen LogP contribution < -0.4 is 0 Å². The Morgan fingerprint density at radius 2 is 2.25 bits per heavy atom. The Morgan fingerprint density at radius 3 is 2.75 bits per heavy atom. The van der Waals surface area contributed by atoms with E-state index in [0.29, 0.717) is 0 Å². The van der Waals surface area contributed by atoms with Crippen molar-refractivity contribution in [2.45, 2.75) is 6.92 Å². The van der Waals surface area contributed by atoms with Gasteiger partial charge in [0.25, 0.3) is 0 Å². The predicted molar refractivity (Wildman–Crippen MR) is 34.9 cm³/mol. The molecule has 0 unspecified atom stereocenters. The summed E-state index contributed by atoms with van der Waals surface area (Å²) in [5.41, 5.74) is 0. The van der Waals surface area contributed by atoms with Crippen molar-refractivity contribution in [2.24, 2.45) is 5.10 Å². The molecular weight excluding hydrogens is 100 g/mol. The van der Waals surface area contributed by atoms with Gasteiger partial charge in [0, 0.05) is 6.21 Å². The minimum absolute atomic E-state index is 1.13. The Bertz CT molecular complexity index is 112. The van der Waals surface area contributed by atoms with E-state index in [4.69, 9.17) is 0 Å². The average Bonchev–Trinajstić information content (AvgIpc) is 2.51. The SMILES string of the molecule is C/C=C\C=N\N1CC1. The molecule has 0 amide bonds. The Hall–Kier alpha value is -0.790. The van der Waals surface area contributed by atoms with Gasteiger partial charge in [0.1, 0.15) is 0 Å². The van der Waals surface area contributed by atoms with Gasteiger partial charge in [0.05, 0.1) is 13.1 Å². The molecule has 1 aliphatic heterocycles. The third-order valence-electron chi connectivity index (χ3n) is 0.932. The number of hydrogen-bond acceptors (Lipinski definition) is 2. The van der Waals surface area contributed by atoms with Gasteiger partial charge in [0.15, 0.2) is 0 Å². The summed E-state index contributed by atoms with van der Waals surface area (Å²) in [4.78, 5) is 0. The Labute approximate surface area is 49.5 Å². The van der Waals surface area contributed by atoms with Crippen LogP contribution in [0.5, 0.6) is 0 Å². The van der Waals surface area contributed by atoms with Crippen LogP contribution >= 0.6 is 0 Å². The summed E-state index contributed by atoms with van der Waals surface area (Å²) in [6, 6.07) is 0. The van der Waals surface area contributed by atoms with Gasteiger partial charge in [-0.25, -0.2) is 0 Å². The van der Waals surface area contributed by atoms with Crippen molar-refractivity contribution < 1.29 is 0 Å². The summed E-state index contributed by atoms with van der Waals surface area (Å²) in [6.45, 7) is 4.25. The van der Waals surface area contributed by atoms with Crippen LogP contribution in [0.3, 0.4) is 0 Å². The summed E-state index contributed by atoms with van der Waals surface area (Å²) in [6.07, 6.45) is 5.71. The van der Waals surface area contributed by atoms with Crippen LogP contribution in [-0.4, -0.2) is 24.3 Å². The van der Waals surface area contributed by atoms with E-state index in [-0.39, 0.29) is 0 Å². The van der Waals surface area contributed by atoms with E-state index in [1.165, 1.54) is 0 Å². The lowest BCUT2D eigenvalue weighted by Crippen LogP contribution is -1.79. The van der Waals surface area contributed by atoms with Crippen molar-refractivity contribution in [3.8, 4) is 0 Å². The molecule has 0 spiro atoms. The quantitative estimate of drug-likeness (QED) is 0.380. The Morgan fingerprint density at radius 1 is 1.50 bits per heavy atom. The molecule has 0 atom stereocenters. The molecule has 0 radical (unpaired) electrons. The van der Waals surface area contributed by atoms with Crippen LogP contribution in [0.25, 0.3) is 0 Å². The van der Waals surface area contributed by atoms with E-state index < -0.39 is 0 Å². The zero-order chi connectivity index (χ0) is 5.82. The fourth-order valence-corrected chi connectivity index (χ4v) is 0.379. The lowest BCUT2D eigenvalue weighted by Gasteiger charge is -1.82. The first-order valence-electron chi connectivity index (χ1n) is 2.83. The zero-order valence-electron chi connectivity index (χ0n) is 5.04. The molecule has 1 rings (SSSR count). The molecule has 0 aliphatic carbocycles. The minimum Gasteiger partial charge on any atom is -0.293 e. The second-order valence-electron chi connectivity index (χ2n) is 1.74. The first-order valence-corrected chi connectivity index (χ1v) is 2.83. The highest BCUT2D eigenvalue weighted by atomic mass is 15.5. The van der Waals surface area contributed by atoms with Gasteiger partial charge in [-0.3, -0.25) is 5.01 Å². The van der Waals surface area contributed by atoms with E-state index in [9.17, 15) is 0 Å². The molecule has 0 bridgehead atoms. The topological polar surface area (TPSA) is 15.4 Å². The van der Waals surface area contributed by atoms with E-state index in [0.717, 1.165) is 13.1 Å². The van der Waals surface area contributed by atoms with Gasteiger partial charge in [-0.15, -0.1) is 0 Å². The highest BCUT2D eigenvalue weighted by molar-refractivity contribution is 5.70. The maximum atomic E-state index is 4.05. The predicted octanol–water partition coefficient (Wildman–Crippen LogP) is 0.864. The van der Waals surface area contributed by atoms with Crippen LogP contribution in [0.15, 0.2) is 17.3 Å². The number of nitrogens with zero attached hydrogens (tertiary/aromatic N) is 2. The largest absolute Gasteiger partial charge is 0.293 e. The summed E-state index contributed by atoms with van der Waals surface area (Å²) >= 11 is 0. The highest BCUT2D eigenvalue weighted by Crippen LogP contribution is 2.01. The molecule has 0 N–H and O–H groups in total. The molecule has 0 aromatic rings. The summed E-state index contributed by atoms with van der Waals surface area (Å²) in [7, 11) is 0. The molecule has 2 heteroatoms. The summed E-state index contributed by atoms with van der Waals surface area (Å²) < 4.78 is 0. The molecule has 44 valence electrons. The average molecular weight is 110 g/mol. The maximum Gasteiger partial charge on any atom is 0.0553 e. The standard InChI is InChI=1S/C6H10N2/c1-2-3-4-7-8-5-6-8/h2-4H,5-6H2,1H3/b3-2-,7-4+. The molecule has 1 saturated heterocycles. The van der Waals surface area contributed by atoms with E-state index in [1.807, 2.05) is 30.3 Å². The molecule has 0 aromatic heterocycles. The molecular formula is C6H10N2. The van der Waals surface area contributed by atoms with Gasteiger partial charge in [-0.2, -0.15) is 5.10 Å². The van der Waals surface area contributed by atoms with E-state index in [1.54, 1.807) is 0 Å². The Balaban J connectivity index is 2.13. The fraction of sp³-hybridized carbons (Fsp3) is 0.500. The summed E-state index contributed by atoms with van der Waals surface area (Å²) in [5, 5.41) is 6.05. The number of allylic oxidation sites excluding steroid dienone is 2. The van der Waals surface area contributed by atoms with Crippen LogP contribution in [-0.2, 0) is 0 Å². The van der Waals surface area contributed by atoms with Crippen molar-refractivity contribution in [1.82, 2.24) is 5.01 Å². The minimum atomic E-state index is 1.13. The fourth-order valence-electron chi connectivity index (χ4n) is 0.379. The zero-order valence-corrected chi connectivity index (χ0v) is 5.04. The normalized spacial score (nSPS) is 18.9. The van der Waals surface area contributed by atoms with Gasteiger partial charge < -0.3 is 0 Å². The van der Waals surface area contributed by atoms with E-state index >= 15 is 0 Å². The lowest BCUT2D eigenvalue weighted by atomic mass is 10.6. The number of hydrogen-bond donors (Lipinski definition) is 0. The van der Waals surface area contributed by atoms with Gasteiger partial charge in [0.2, 0.25) is 0 Å². The van der Waals surface area contributed by atoms with Crippen molar-refractivity contribution in [2.75, 3.05) is 13.1 Å². The van der Waals surface area contributed by atoms with Crippen molar-refractivity contribution >= 4 is 6.21 Å². The second-order valence-corrected chi connectivity index (χ2v) is 1.74. The third-order valence-corrected chi connectivity index (χ3v) is 0.932. The first kappa shape index (κ1) is 5.35. The molecule has 0 saturated carbocycles. The van der Waals surface area contributed by atoms with Gasteiger partial charge in [-0.05, 0) is 13.0 Å². The molecule has 0 aromatic carbocycles. The van der Waals surface area contributed by atoms with Crippen molar-refractivity contribution in [3.05, 3.63) is 12.2 Å². The lowest BCUT2D eigenvalue weighted by molar-refractivity contribution is 0.612. The number of rotatable bonds is 2. The number of hydrazone groups is 1.